The van der Waals surface area contributed by atoms with Crippen LogP contribution in [0.2, 0.25) is 0 Å². The molecule has 4 rings (SSSR count). The van der Waals surface area contributed by atoms with Gasteiger partial charge in [-0.3, -0.25) is 4.79 Å². The van der Waals surface area contributed by atoms with Gasteiger partial charge < -0.3 is 15.4 Å². The van der Waals surface area contributed by atoms with E-state index < -0.39 is 5.97 Å². The van der Waals surface area contributed by atoms with E-state index in [0.717, 1.165) is 19.4 Å². The Labute approximate surface area is 157 Å². The summed E-state index contributed by atoms with van der Waals surface area (Å²) in [6.07, 6.45) is 5.04. The molecule has 9 heteroatoms. The summed E-state index contributed by atoms with van der Waals surface area (Å²) in [5.41, 5.74) is 7.15. The number of carbonyl (C=O) groups is 2. The van der Waals surface area contributed by atoms with E-state index >= 15 is 0 Å². The van der Waals surface area contributed by atoms with Crippen molar-refractivity contribution in [2.45, 2.75) is 25.8 Å². The van der Waals surface area contributed by atoms with Crippen molar-refractivity contribution < 1.29 is 14.3 Å². The summed E-state index contributed by atoms with van der Waals surface area (Å²) < 4.78 is 6.43. The minimum absolute atomic E-state index is 0. The smallest absolute Gasteiger partial charge is 0.343 e. The number of hydrogen-bond acceptors (Lipinski definition) is 6. The lowest BCUT2D eigenvalue weighted by molar-refractivity contribution is 0.0528. The summed E-state index contributed by atoms with van der Waals surface area (Å²) in [5, 5.41) is 4.18. The van der Waals surface area contributed by atoms with Gasteiger partial charge in [-0.05, 0) is 37.7 Å². The summed E-state index contributed by atoms with van der Waals surface area (Å²) in [5.74, 6) is 0.279. The van der Waals surface area contributed by atoms with Gasteiger partial charge in [0.2, 0.25) is 0 Å². The van der Waals surface area contributed by atoms with Crippen molar-refractivity contribution in [3.05, 3.63) is 29.7 Å². The number of carbonyl (C=O) groups excluding carboxylic acids is 2. The number of ether oxygens (including phenoxy) is 1. The molecule has 2 fully saturated rings. The second-order valence-electron chi connectivity index (χ2n) is 6.72. The van der Waals surface area contributed by atoms with E-state index in [1.165, 1.54) is 16.9 Å². The third-order valence-electron chi connectivity index (χ3n) is 5.32. The Bertz CT molecular complexity index is 839. The van der Waals surface area contributed by atoms with E-state index in [4.69, 9.17) is 10.5 Å². The maximum absolute atomic E-state index is 13.0. The number of nitrogens with zero attached hydrogens (tertiary/aromatic N) is 4. The number of esters is 1. The Balaban J connectivity index is 0.00000196. The van der Waals surface area contributed by atoms with Crippen LogP contribution in [0.1, 0.15) is 40.6 Å². The van der Waals surface area contributed by atoms with Crippen LogP contribution in [0.4, 0.5) is 0 Å². The van der Waals surface area contributed by atoms with Crippen LogP contribution >= 0.6 is 12.4 Å². The first-order valence-electron chi connectivity index (χ1n) is 8.65. The maximum atomic E-state index is 13.0. The summed E-state index contributed by atoms with van der Waals surface area (Å²) in [6.45, 7) is 3.42. The highest BCUT2D eigenvalue weighted by Crippen LogP contribution is 2.37. The number of aromatic nitrogens is 3. The Morgan fingerprint density at radius 1 is 1.35 bits per heavy atom. The molecule has 2 aromatic rings. The fourth-order valence-corrected chi connectivity index (χ4v) is 4.04. The van der Waals surface area contributed by atoms with Crippen LogP contribution < -0.4 is 5.73 Å². The van der Waals surface area contributed by atoms with Gasteiger partial charge in [0.05, 0.1) is 12.8 Å². The zero-order chi connectivity index (χ0) is 17.6. The first-order valence-corrected chi connectivity index (χ1v) is 8.65. The molecule has 1 aliphatic heterocycles. The topological polar surface area (TPSA) is 103 Å². The number of nitrogens with two attached hydrogens (primary N) is 1. The van der Waals surface area contributed by atoms with Crippen molar-refractivity contribution in [3.8, 4) is 0 Å². The van der Waals surface area contributed by atoms with Crippen molar-refractivity contribution >= 4 is 29.9 Å². The molecule has 2 aliphatic rings. The molecule has 8 nitrogen and oxygen atoms in total. The summed E-state index contributed by atoms with van der Waals surface area (Å²) in [6, 6.07) is 1.81. The van der Waals surface area contributed by atoms with E-state index in [1.807, 2.05) is 4.90 Å². The largest absolute Gasteiger partial charge is 0.462 e. The lowest BCUT2D eigenvalue weighted by Crippen LogP contribution is -2.34. The summed E-state index contributed by atoms with van der Waals surface area (Å²) >= 11 is 0. The van der Waals surface area contributed by atoms with Crippen LogP contribution in [0.25, 0.3) is 5.65 Å². The average Bonchev–Trinajstić information content (AvgIpc) is 3.30. The highest BCUT2D eigenvalue weighted by Gasteiger charge is 2.43. The van der Waals surface area contributed by atoms with Gasteiger partial charge in [-0.1, -0.05) is 0 Å². The summed E-state index contributed by atoms with van der Waals surface area (Å²) in [4.78, 5) is 31.0. The van der Waals surface area contributed by atoms with E-state index in [0.29, 0.717) is 29.7 Å². The second-order valence-corrected chi connectivity index (χ2v) is 6.72. The predicted octanol–water partition coefficient (Wildman–Crippen LogP) is 1.14. The van der Waals surface area contributed by atoms with Crippen molar-refractivity contribution in [3.63, 3.8) is 0 Å². The van der Waals surface area contributed by atoms with Crippen molar-refractivity contribution in [1.29, 1.82) is 0 Å². The molecule has 140 valence electrons. The molecule has 3 heterocycles. The monoisotopic (exact) mass is 379 g/mol. The number of fused-ring (bicyclic) bond motifs is 2. The number of halogens is 1. The molecular weight excluding hydrogens is 358 g/mol. The molecule has 1 aliphatic carbocycles. The molecule has 3 atom stereocenters. The van der Waals surface area contributed by atoms with Crippen molar-refractivity contribution in [1.82, 2.24) is 19.5 Å². The standard InChI is InChI=1S/C17H21N5O3.ClH/c1-2-25-17(24)11-7-20-22-14(5-6-19-15(11)22)16(23)21-8-10-3-4-13(18)12(10)9-21;/h5-7,10,12-13H,2-4,8-9,18H2,1H3;1H. The predicted molar refractivity (Wildman–Crippen MR) is 96.3 cm³/mol. The minimum atomic E-state index is -0.490. The molecule has 2 aromatic heterocycles. The number of likely N-dealkylation sites (tertiary alicyclic amines) is 1. The van der Waals surface area contributed by atoms with Gasteiger partial charge in [0, 0.05) is 25.3 Å². The third-order valence-corrected chi connectivity index (χ3v) is 5.32. The SMILES string of the molecule is CCOC(=O)c1cnn2c(C(=O)N3CC4CCC(N)C4C3)ccnc12.Cl. The van der Waals surface area contributed by atoms with Gasteiger partial charge >= 0.3 is 5.97 Å². The van der Waals surface area contributed by atoms with E-state index in [-0.39, 0.29) is 36.5 Å². The van der Waals surface area contributed by atoms with Gasteiger partial charge in [0.1, 0.15) is 11.3 Å². The lowest BCUT2D eigenvalue weighted by atomic mass is 9.98. The molecule has 0 bridgehead atoms. The molecular formula is C17H22ClN5O3. The Kier molecular flexibility index (Phi) is 5.15. The Morgan fingerprint density at radius 3 is 2.88 bits per heavy atom. The molecule has 26 heavy (non-hydrogen) atoms. The zero-order valence-corrected chi connectivity index (χ0v) is 15.3. The van der Waals surface area contributed by atoms with Crippen molar-refractivity contribution in [2.24, 2.45) is 17.6 Å². The normalized spacial score (nSPS) is 24.4. The van der Waals surface area contributed by atoms with Crippen LogP contribution in [-0.2, 0) is 4.74 Å². The quantitative estimate of drug-likeness (QED) is 0.802. The first kappa shape index (κ1) is 18.6. The van der Waals surface area contributed by atoms with Crippen LogP contribution in [0.15, 0.2) is 18.5 Å². The summed E-state index contributed by atoms with van der Waals surface area (Å²) in [7, 11) is 0. The average molecular weight is 380 g/mol. The molecule has 0 radical (unpaired) electrons. The highest BCUT2D eigenvalue weighted by atomic mass is 35.5. The second kappa shape index (κ2) is 7.20. The number of rotatable bonds is 3. The van der Waals surface area contributed by atoms with Gasteiger partial charge in [-0.25, -0.2) is 14.3 Å². The molecule has 3 unspecified atom stereocenters. The van der Waals surface area contributed by atoms with E-state index in [9.17, 15) is 9.59 Å². The third kappa shape index (κ3) is 2.93. The molecule has 0 spiro atoms. The van der Waals surface area contributed by atoms with Crippen LogP contribution in [-0.4, -0.2) is 57.1 Å². The highest BCUT2D eigenvalue weighted by molar-refractivity contribution is 5.98. The van der Waals surface area contributed by atoms with E-state index in [1.54, 1.807) is 13.0 Å². The van der Waals surface area contributed by atoms with Crippen LogP contribution in [0, 0.1) is 11.8 Å². The van der Waals surface area contributed by atoms with Gasteiger partial charge in [0.15, 0.2) is 5.65 Å². The van der Waals surface area contributed by atoms with Crippen molar-refractivity contribution in [2.75, 3.05) is 19.7 Å². The zero-order valence-electron chi connectivity index (χ0n) is 14.5. The fraction of sp³-hybridized carbons (Fsp3) is 0.529. The number of amides is 1. The first-order chi connectivity index (χ1) is 12.1. The van der Waals surface area contributed by atoms with Gasteiger partial charge in [0.25, 0.3) is 5.91 Å². The molecule has 0 aromatic carbocycles. The molecule has 1 saturated heterocycles. The van der Waals surface area contributed by atoms with E-state index in [2.05, 4.69) is 10.1 Å². The molecule has 1 amide bonds. The van der Waals surface area contributed by atoms with Crippen LogP contribution in [0.5, 0.6) is 0 Å². The minimum Gasteiger partial charge on any atom is -0.462 e. The fourth-order valence-electron chi connectivity index (χ4n) is 4.04. The molecule has 1 saturated carbocycles. The number of hydrogen-bond donors (Lipinski definition) is 1. The Morgan fingerprint density at radius 2 is 2.15 bits per heavy atom. The lowest BCUT2D eigenvalue weighted by Gasteiger charge is -2.19. The Hall–Kier alpha value is -2.19. The maximum Gasteiger partial charge on any atom is 0.343 e. The van der Waals surface area contributed by atoms with Crippen LogP contribution in [0.3, 0.4) is 0 Å². The molecule has 2 N–H and O–H groups in total. The van der Waals surface area contributed by atoms with Gasteiger partial charge in [-0.2, -0.15) is 5.10 Å². The van der Waals surface area contributed by atoms with Gasteiger partial charge in [-0.15, -0.1) is 12.4 Å².